The summed E-state index contributed by atoms with van der Waals surface area (Å²) in [7, 11) is 0. The van der Waals surface area contributed by atoms with E-state index in [1.807, 2.05) is 11.8 Å². The molecule has 0 fully saturated rings. The summed E-state index contributed by atoms with van der Waals surface area (Å²) in [5.41, 5.74) is 1.92. The molecule has 0 bridgehead atoms. The Morgan fingerprint density at radius 3 is 3.21 bits per heavy atom. The van der Waals surface area contributed by atoms with Gasteiger partial charge < -0.3 is 10.1 Å². The molecule has 0 amide bonds. The van der Waals surface area contributed by atoms with E-state index >= 15 is 0 Å². The van der Waals surface area contributed by atoms with E-state index in [1.54, 1.807) is 12.1 Å². The van der Waals surface area contributed by atoms with Crippen LogP contribution in [0.1, 0.15) is 30.9 Å². The van der Waals surface area contributed by atoms with Crippen molar-refractivity contribution in [3.8, 4) is 5.75 Å². The van der Waals surface area contributed by atoms with Gasteiger partial charge in [-0.25, -0.2) is 4.39 Å². The molecule has 1 N–H and O–H groups in total. The molecule has 0 aromatic heterocycles. The van der Waals surface area contributed by atoms with Gasteiger partial charge in [0.2, 0.25) is 0 Å². The standard InChI is InChI=1S/C15H20FNOS/c1-11(4-3-9-19-2)17-14-7-8-18-15-6-5-12(16)10-13(14)15/h5-6,10,14,17H,1,3-4,7-9H2,2H3. The van der Waals surface area contributed by atoms with Crippen LogP contribution in [-0.4, -0.2) is 18.6 Å². The van der Waals surface area contributed by atoms with Crippen molar-refractivity contribution in [2.45, 2.75) is 25.3 Å². The second-order valence-electron chi connectivity index (χ2n) is 4.72. The molecule has 1 aromatic carbocycles. The Morgan fingerprint density at radius 2 is 2.42 bits per heavy atom. The lowest BCUT2D eigenvalue weighted by Gasteiger charge is -2.28. The second-order valence-corrected chi connectivity index (χ2v) is 5.70. The smallest absolute Gasteiger partial charge is 0.124 e. The number of thioether (sulfide) groups is 1. The average Bonchev–Trinajstić information content (AvgIpc) is 2.40. The number of benzene rings is 1. The Balaban J connectivity index is 1.99. The number of rotatable bonds is 6. The van der Waals surface area contributed by atoms with Crippen LogP contribution in [0, 0.1) is 5.82 Å². The Kier molecular flexibility index (Phi) is 5.14. The first-order valence-corrected chi connectivity index (χ1v) is 7.95. The van der Waals surface area contributed by atoms with Crippen LogP contribution < -0.4 is 10.1 Å². The van der Waals surface area contributed by atoms with Crippen molar-refractivity contribution in [2.75, 3.05) is 18.6 Å². The number of hydrogen-bond donors (Lipinski definition) is 1. The summed E-state index contributed by atoms with van der Waals surface area (Å²) >= 11 is 1.84. The highest BCUT2D eigenvalue weighted by Gasteiger charge is 2.22. The normalized spacial score (nSPS) is 17.5. The van der Waals surface area contributed by atoms with Crippen molar-refractivity contribution >= 4 is 11.8 Å². The lowest BCUT2D eigenvalue weighted by atomic mass is 10.00. The minimum absolute atomic E-state index is 0.112. The Labute approximate surface area is 118 Å². The van der Waals surface area contributed by atoms with E-state index in [2.05, 4.69) is 18.2 Å². The van der Waals surface area contributed by atoms with Gasteiger partial charge in [0.25, 0.3) is 0 Å². The molecule has 2 rings (SSSR count). The predicted octanol–water partition coefficient (Wildman–Crippen LogP) is 3.90. The van der Waals surface area contributed by atoms with Crippen molar-refractivity contribution in [1.29, 1.82) is 0 Å². The highest BCUT2D eigenvalue weighted by molar-refractivity contribution is 7.98. The largest absolute Gasteiger partial charge is 0.493 e. The first kappa shape index (κ1) is 14.3. The molecule has 19 heavy (non-hydrogen) atoms. The molecule has 0 aliphatic carbocycles. The molecular formula is C15H20FNOS. The lowest BCUT2D eigenvalue weighted by Crippen LogP contribution is -2.26. The molecule has 4 heteroatoms. The molecule has 1 aromatic rings. The summed E-state index contributed by atoms with van der Waals surface area (Å²) < 4.78 is 18.9. The topological polar surface area (TPSA) is 21.3 Å². The molecule has 1 unspecified atom stereocenters. The van der Waals surface area contributed by atoms with Gasteiger partial charge in [-0.1, -0.05) is 6.58 Å². The second kappa shape index (κ2) is 6.85. The van der Waals surface area contributed by atoms with E-state index in [0.29, 0.717) is 6.61 Å². The minimum Gasteiger partial charge on any atom is -0.493 e. The van der Waals surface area contributed by atoms with Crippen molar-refractivity contribution in [1.82, 2.24) is 5.32 Å². The molecule has 2 nitrogen and oxygen atoms in total. The maximum Gasteiger partial charge on any atom is 0.124 e. The van der Waals surface area contributed by atoms with Crippen LogP contribution in [0.2, 0.25) is 0 Å². The number of hydrogen-bond acceptors (Lipinski definition) is 3. The van der Waals surface area contributed by atoms with Crippen molar-refractivity contribution < 1.29 is 9.13 Å². The quantitative estimate of drug-likeness (QED) is 0.799. The third-order valence-electron chi connectivity index (χ3n) is 3.22. The Bertz CT molecular complexity index is 450. The van der Waals surface area contributed by atoms with Crippen molar-refractivity contribution in [3.05, 3.63) is 41.9 Å². The average molecular weight is 281 g/mol. The summed E-state index contributed by atoms with van der Waals surface area (Å²) in [6.45, 7) is 4.72. The van der Waals surface area contributed by atoms with Crippen molar-refractivity contribution in [3.63, 3.8) is 0 Å². The highest BCUT2D eigenvalue weighted by Crippen LogP contribution is 2.33. The van der Waals surface area contributed by atoms with E-state index in [9.17, 15) is 4.39 Å². The Morgan fingerprint density at radius 1 is 1.58 bits per heavy atom. The third kappa shape index (κ3) is 3.90. The van der Waals surface area contributed by atoms with Gasteiger partial charge in [-0.3, -0.25) is 0 Å². The number of allylic oxidation sites excluding steroid dienone is 1. The number of ether oxygens (including phenoxy) is 1. The molecule has 1 heterocycles. The fourth-order valence-electron chi connectivity index (χ4n) is 2.26. The van der Waals surface area contributed by atoms with E-state index in [4.69, 9.17) is 4.74 Å². The van der Waals surface area contributed by atoms with Gasteiger partial charge in [0.1, 0.15) is 11.6 Å². The van der Waals surface area contributed by atoms with E-state index in [-0.39, 0.29) is 11.9 Å². The van der Waals surface area contributed by atoms with Crippen LogP contribution in [0.25, 0.3) is 0 Å². The molecule has 104 valence electrons. The molecule has 0 saturated carbocycles. The molecule has 0 radical (unpaired) electrons. The van der Waals surface area contributed by atoms with E-state index < -0.39 is 0 Å². The molecule has 1 aliphatic heterocycles. The monoisotopic (exact) mass is 281 g/mol. The minimum atomic E-state index is -0.218. The van der Waals surface area contributed by atoms with Crippen LogP contribution >= 0.6 is 11.8 Å². The fraction of sp³-hybridized carbons (Fsp3) is 0.467. The molecule has 0 spiro atoms. The van der Waals surface area contributed by atoms with E-state index in [1.165, 1.54) is 6.07 Å². The van der Waals surface area contributed by atoms with Crippen LogP contribution in [0.15, 0.2) is 30.5 Å². The fourth-order valence-corrected chi connectivity index (χ4v) is 2.70. The van der Waals surface area contributed by atoms with Crippen LogP contribution in [0.4, 0.5) is 4.39 Å². The zero-order valence-corrected chi connectivity index (χ0v) is 12.1. The summed E-state index contributed by atoms with van der Waals surface area (Å²) in [5.74, 6) is 1.70. The van der Waals surface area contributed by atoms with Crippen LogP contribution in [0.5, 0.6) is 5.75 Å². The summed E-state index contributed by atoms with van der Waals surface area (Å²) in [6.07, 6.45) is 5.03. The van der Waals surface area contributed by atoms with Crippen LogP contribution in [0.3, 0.4) is 0 Å². The summed E-state index contributed by atoms with van der Waals surface area (Å²) in [4.78, 5) is 0. The molecule has 0 saturated heterocycles. The maximum atomic E-state index is 13.3. The predicted molar refractivity (Wildman–Crippen MR) is 79.1 cm³/mol. The first-order chi connectivity index (χ1) is 9.20. The number of nitrogens with one attached hydrogen (secondary N) is 1. The number of halogens is 1. The summed E-state index contributed by atoms with van der Waals surface area (Å²) in [6, 6.07) is 4.81. The van der Waals surface area contributed by atoms with E-state index in [0.717, 1.165) is 42.0 Å². The zero-order valence-electron chi connectivity index (χ0n) is 11.2. The summed E-state index contributed by atoms with van der Waals surface area (Å²) in [5, 5.41) is 3.41. The molecular weight excluding hydrogens is 261 g/mol. The van der Waals surface area contributed by atoms with Gasteiger partial charge >= 0.3 is 0 Å². The van der Waals surface area contributed by atoms with Gasteiger partial charge in [-0.05, 0) is 43.0 Å². The van der Waals surface area contributed by atoms with Gasteiger partial charge in [0, 0.05) is 17.7 Å². The maximum absolute atomic E-state index is 13.3. The van der Waals surface area contributed by atoms with Gasteiger partial charge in [0.15, 0.2) is 0 Å². The molecule has 1 atom stereocenters. The molecule has 1 aliphatic rings. The Hall–Kier alpha value is -1.16. The SMILES string of the molecule is C=C(CCCSC)NC1CCOc2ccc(F)cc21. The number of fused-ring (bicyclic) bond motifs is 1. The third-order valence-corrected chi connectivity index (χ3v) is 3.91. The lowest BCUT2D eigenvalue weighted by molar-refractivity contribution is 0.256. The van der Waals surface area contributed by atoms with Gasteiger partial charge in [-0.2, -0.15) is 11.8 Å². The van der Waals surface area contributed by atoms with Crippen LogP contribution in [-0.2, 0) is 0 Å². The van der Waals surface area contributed by atoms with Gasteiger partial charge in [-0.15, -0.1) is 0 Å². The first-order valence-electron chi connectivity index (χ1n) is 6.56. The zero-order chi connectivity index (χ0) is 13.7. The van der Waals surface area contributed by atoms with Gasteiger partial charge in [0.05, 0.1) is 12.6 Å². The highest BCUT2D eigenvalue weighted by atomic mass is 32.2. The van der Waals surface area contributed by atoms with Crippen molar-refractivity contribution in [2.24, 2.45) is 0 Å².